The van der Waals surface area contributed by atoms with E-state index < -0.39 is 5.25 Å². The number of carbonyl (C=O) groups excluding carboxylic acids is 1. The zero-order valence-electron chi connectivity index (χ0n) is 14.6. The van der Waals surface area contributed by atoms with E-state index in [1.54, 1.807) is 11.3 Å². The molecule has 4 rings (SSSR count). The van der Waals surface area contributed by atoms with Crippen molar-refractivity contribution in [2.45, 2.75) is 17.2 Å². The van der Waals surface area contributed by atoms with Crippen molar-refractivity contribution in [2.24, 2.45) is 5.73 Å². The van der Waals surface area contributed by atoms with Crippen LogP contribution in [-0.4, -0.2) is 15.9 Å². The maximum Gasteiger partial charge on any atom is 0.235 e. The van der Waals surface area contributed by atoms with E-state index in [0.29, 0.717) is 5.82 Å². The van der Waals surface area contributed by atoms with Crippen LogP contribution in [-0.2, 0) is 4.79 Å². The number of benzene rings is 2. The number of hydrogen-bond donors (Lipinski definition) is 1. The number of primary amides is 1. The van der Waals surface area contributed by atoms with Gasteiger partial charge in [-0.3, -0.25) is 4.79 Å². The van der Waals surface area contributed by atoms with Crippen LogP contribution in [0.2, 0.25) is 0 Å². The van der Waals surface area contributed by atoms with E-state index in [0.717, 1.165) is 31.2 Å². The van der Waals surface area contributed by atoms with Gasteiger partial charge in [-0.2, -0.15) is 0 Å². The van der Waals surface area contributed by atoms with Gasteiger partial charge in [0.05, 0.1) is 0 Å². The molecule has 2 aromatic carbocycles. The normalized spacial score (nSPS) is 12.2. The molecule has 0 fully saturated rings. The van der Waals surface area contributed by atoms with Gasteiger partial charge in [-0.25, -0.2) is 9.97 Å². The molecule has 0 saturated carbocycles. The molecular weight excluding hydrogens is 374 g/mol. The smallest absolute Gasteiger partial charge is 0.235 e. The number of carbonyl (C=O) groups is 1. The van der Waals surface area contributed by atoms with Crippen molar-refractivity contribution in [3.63, 3.8) is 0 Å². The molecule has 0 unspecified atom stereocenters. The van der Waals surface area contributed by atoms with Gasteiger partial charge in [0, 0.05) is 10.3 Å². The highest BCUT2D eigenvalue weighted by Gasteiger charge is 2.22. The Morgan fingerprint density at radius 1 is 1.04 bits per heavy atom. The highest BCUT2D eigenvalue weighted by molar-refractivity contribution is 8.00. The predicted molar refractivity (Wildman–Crippen MR) is 112 cm³/mol. The lowest BCUT2D eigenvalue weighted by Gasteiger charge is -2.13. The SMILES string of the molecule is Cc1nc(S[C@@H](C(N)=O)c2ccccc2)c2cc(-c3ccccc3)sc2n1. The predicted octanol–water partition coefficient (Wildman–Crippen LogP) is 4.99. The van der Waals surface area contributed by atoms with Gasteiger partial charge in [0.15, 0.2) is 0 Å². The van der Waals surface area contributed by atoms with Gasteiger partial charge in [-0.05, 0) is 24.1 Å². The van der Waals surface area contributed by atoms with Crippen molar-refractivity contribution in [1.82, 2.24) is 9.97 Å². The molecule has 6 heteroatoms. The molecule has 4 nitrogen and oxygen atoms in total. The molecule has 0 spiro atoms. The van der Waals surface area contributed by atoms with Gasteiger partial charge < -0.3 is 5.73 Å². The average Bonchev–Trinajstić information content (AvgIpc) is 3.11. The Bertz CT molecular complexity index is 1090. The number of nitrogens with two attached hydrogens (primary N) is 1. The van der Waals surface area contributed by atoms with Crippen LogP contribution in [0.3, 0.4) is 0 Å². The lowest BCUT2D eigenvalue weighted by atomic mass is 10.1. The number of thioether (sulfide) groups is 1. The summed E-state index contributed by atoms with van der Waals surface area (Å²) in [5.74, 6) is 0.303. The number of thiophene rings is 1. The molecular formula is C21H17N3OS2. The van der Waals surface area contributed by atoms with E-state index in [-0.39, 0.29) is 5.91 Å². The van der Waals surface area contributed by atoms with Gasteiger partial charge in [0.2, 0.25) is 5.91 Å². The third-order valence-electron chi connectivity index (χ3n) is 4.12. The van der Waals surface area contributed by atoms with Crippen molar-refractivity contribution in [3.05, 3.63) is 78.1 Å². The van der Waals surface area contributed by atoms with Gasteiger partial charge in [-0.15, -0.1) is 11.3 Å². The Morgan fingerprint density at radius 3 is 2.37 bits per heavy atom. The molecule has 2 heterocycles. The Hall–Kier alpha value is -2.70. The summed E-state index contributed by atoms with van der Waals surface area (Å²) in [6.07, 6.45) is 0. The zero-order valence-corrected chi connectivity index (χ0v) is 16.3. The molecule has 0 aliphatic heterocycles. The van der Waals surface area contributed by atoms with Crippen molar-refractivity contribution < 1.29 is 4.79 Å². The fourth-order valence-electron chi connectivity index (χ4n) is 2.86. The van der Waals surface area contributed by atoms with Crippen LogP contribution >= 0.6 is 23.1 Å². The molecule has 134 valence electrons. The van der Waals surface area contributed by atoms with E-state index in [1.165, 1.54) is 11.8 Å². The Balaban J connectivity index is 1.79. The Kier molecular flexibility index (Phi) is 4.92. The Morgan fingerprint density at radius 2 is 1.70 bits per heavy atom. The lowest BCUT2D eigenvalue weighted by molar-refractivity contribution is -0.117. The van der Waals surface area contributed by atoms with Crippen molar-refractivity contribution in [1.29, 1.82) is 0 Å². The van der Waals surface area contributed by atoms with Crippen LogP contribution in [0.5, 0.6) is 0 Å². The topological polar surface area (TPSA) is 68.9 Å². The summed E-state index contributed by atoms with van der Waals surface area (Å²) in [5, 5.41) is 1.24. The summed E-state index contributed by atoms with van der Waals surface area (Å²) in [5.41, 5.74) is 7.71. The van der Waals surface area contributed by atoms with Gasteiger partial charge >= 0.3 is 0 Å². The first-order chi connectivity index (χ1) is 13.1. The van der Waals surface area contributed by atoms with Gasteiger partial charge in [0.25, 0.3) is 0 Å². The first-order valence-electron chi connectivity index (χ1n) is 8.46. The molecule has 2 aromatic heterocycles. The molecule has 0 radical (unpaired) electrons. The zero-order chi connectivity index (χ0) is 18.8. The highest BCUT2D eigenvalue weighted by Crippen LogP contribution is 2.41. The van der Waals surface area contributed by atoms with Crippen LogP contribution in [0, 0.1) is 6.92 Å². The monoisotopic (exact) mass is 391 g/mol. The van der Waals surface area contributed by atoms with Crippen molar-refractivity contribution in [3.8, 4) is 10.4 Å². The van der Waals surface area contributed by atoms with E-state index in [2.05, 4.69) is 28.2 Å². The molecule has 4 aromatic rings. The summed E-state index contributed by atoms with van der Waals surface area (Å²) >= 11 is 3.01. The number of fused-ring (bicyclic) bond motifs is 1. The summed E-state index contributed by atoms with van der Waals surface area (Å²) in [4.78, 5) is 23.3. The highest BCUT2D eigenvalue weighted by atomic mass is 32.2. The third-order valence-corrected chi connectivity index (χ3v) is 6.47. The standard InChI is InChI=1S/C21H17N3OS2/c1-13-23-20-16(12-17(26-20)14-8-4-2-5-9-14)21(24-13)27-18(19(22)25)15-10-6-3-7-11-15/h2-12,18H,1H3,(H2,22,25)/t18-/m1/s1. The van der Waals surface area contributed by atoms with Gasteiger partial charge in [-0.1, -0.05) is 72.4 Å². The molecule has 1 amide bonds. The number of nitrogens with zero attached hydrogens (tertiary/aromatic N) is 2. The number of hydrogen-bond acceptors (Lipinski definition) is 5. The largest absolute Gasteiger partial charge is 0.368 e. The molecule has 0 bridgehead atoms. The summed E-state index contributed by atoms with van der Waals surface area (Å²) < 4.78 is 0. The van der Waals surface area contributed by atoms with Crippen LogP contribution < -0.4 is 5.73 Å². The molecule has 27 heavy (non-hydrogen) atoms. The second kappa shape index (κ2) is 7.50. The minimum atomic E-state index is -0.497. The molecule has 0 aliphatic rings. The fourth-order valence-corrected chi connectivity index (χ4v) is 5.11. The number of amides is 1. The van der Waals surface area contributed by atoms with Crippen LogP contribution in [0.1, 0.15) is 16.6 Å². The van der Waals surface area contributed by atoms with E-state index in [9.17, 15) is 4.79 Å². The molecule has 0 aliphatic carbocycles. The fraction of sp³-hybridized carbons (Fsp3) is 0.0952. The lowest BCUT2D eigenvalue weighted by Crippen LogP contribution is -2.19. The average molecular weight is 392 g/mol. The summed E-state index contributed by atoms with van der Waals surface area (Å²) in [6.45, 7) is 1.87. The minimum Gasteiger partial charge on any atom is -0.368 e. The second-order valence-corrected chi connectivity index (χ2v) is 8.21. The minimum absolute atomic E-state index is 0.380. The summed E-state index contributed by atoms with van der Waals surface area (Å²) in [7, 11) is 0. The number of aryl methyl sites for hydroxylation is 1. The quantitative estimate of drug-likeness (QED) is 0.384. The molecule has 2 N–H and O–H groups in total. The van der Waals surface area contributed by atoms with Crippen LogP contribution in [0.15, 0.2) is 71.8 Å². The van der Waals surface area contributed by atoms with Crippen molar-refractivity contribution in [2.75, 3.05) is 0 Å². The summed E-state index contributed by atoms with van der Waals surface area (Å²) in [6, 6.07) is 21.9. The van der Waals surface area contributed by atoms with Gasteiger partial charge in [0.1, 0.15) is 20.9 Å². The molecule has 1 atom stereocenters. The number of aromatic nitrogens is 2. The third kappa shape index (κ3) is 3.72. The van der Waals surface area contributed by atoms with Crippen molar-refractivity contribution >= 4 is 39.2 Å². The van der Waals surface area contributed by atoms with E-state index in [1.807, 2.05) is 55.5 Å². The van der Waals surface area contributed by atoms with Crippen LogP contribution in [0.4, 0.5) is 0 Å². The first kappa shape index (κ1) is 17.7. The maximum atomic E-state index is 12.1. The second-order valence-electron chi connectivity index (χ2n) is 6.08. The maximum absolute atomic E-state index is 12.1. The first-order valence-corrected chi connectivity index (χ1v) is 10.2. The van der Waals surface area contributed by atoms with E-state index in [4.69, 9.17) is 5.73 Å². The molecule has 0 saturated heterocycles. The Labute approximate surface area is 165 Å². The van der Waals surface area contributed by atoms with Crippen LogP contribution in [0.25, 0.3) is 20.7 Å². The number of rotatable bonds is 5. The van der Waals surface area contributed by atoms with E-state index >= 15 is 0 Å².